The molecule has 1 aromatic heterocycles. The number of aromatic nitrogens is 2. The highest BCUT2D eigenvalue weighted by molar-refractivity contribution is 5.74. The number of benzene rings is 1. The van der Waals surface area contributed by atoms with Crippen LogP contribution in [0.2, 0.25) is 0 Å². The van der Waals surface area contributed by atoms with Crippen molar-refractivity contribution in [3.05, 3.63) is 47.6 Å². The number of carbonyl (C=O) groups excluding carboxylic acids is 1. The molecular weight excluding hydrogens is 292 g/mol. The van der Waals surface area contributed by atoms with Crippen molar-refractivity contribution in [1.82, 2.24) is 20.4 Å². The van der Waals surface area contributed by atoms with Gasteiger partial charge >= 0.3 is 6.03 Å². The predicted octanol–water partition coefficient (Wildman–Crippen LogP) is 2.54. The monoisotopic (exact) mass is 314 g/mol. The second-order valence-electron chi connectivity index (χ2n) is 6.01. The first-order valence-corrected chi connectivity index (χ1v) is 8.06. The normalized spacial score (nSPS) is 17.4. The van der Waals surface area contributed by atoms with Crippen molar-refractivity contribution < 1.29 is 9.32 Å². The van der Waals surface area contributed by atoms with Crippen molar-refractivity contribution in [2.75, 3.05) is 13.1 Å². The number of hydrogen-bond acceptors (Lipinski definition) is 4. The molecule has 1 aliphatic heterocycles. The van der Waals surface area contributed by atoms with E-state index >= 15 is 0 Å². The summed E-state index contributed by atoms with van der Waals surface area (Å²) in [6.45, 7) is 3.99. The minimum atomic E-state index is 0.0201. The minimum Gasteiger partial charge on any atom is -0.340 e. The van der Waals surface area contributed by atoms with Gasteiger partial charge in [0.1, 0.15) is 0 Å². The number of nitrogens with one attached hydrogen (secondary N) is 1. The molecule has 3 rings (SSSR count). The molecule has 2 aromatic rings. The summed E-state index contributed by atoms with van der Waals surface area (Å²) in [5.41, 5.74) is 1.11. The molecule has 6 heteroatoms. The number of nitrogens with zero attached hydrogens (tertiary/aromatic N) is 3. The molecule has 2 heterocycles. The molecule has 0 bridgehead atoms. The van der Waals surface area contributed by atoms with E-state index < -0.39 is 0 Å². The van der Waals surface area contributed by atoms with Gasteiger partial charge in [0.15, 0.2) is 5.82 Å². The molecule has 0 saturated carbocycles. The molecule has 122 valence electrons. The molecular formula is C17H22N4O2. The first-order valence-electron chi connectivity index (χ1n) is 8.06. The Morgan fingerprint density at radius 2 is 2.22 bits per heavy atom. The number of carbonyl (C=O) groups is 1. The van der Waals surface area contributed by atoms with E-state index in [0.29, 0.717) is 18.4 Å². The van der Waals surface area contributed by atoms with Crippen molar-refractivity contribution in [1.29, 1.82) is 0 Å². The van der Waals surface area contributed by atoms with E-state index in [4.69, 9.17) is 4.52 Å². The van der Waals surface area contributed by atoms with Gasteiger partial charge in [-0.15, -0.1) is 0 Å². The van der Waals surface area contributed by atoms with Crippen LogP contribution in [0.15, 0.2) is 34.9 Å². The Kier molecular flexibility index (Phi) is 4.90. The van der Waals surface area contributed by atoms with Crippen LogP contribution >= 0.6 is 0 Å². The smallest absolute Gasteiger partial charge is 0.317 e. The van der Waals surface area contributed by atoms with Crippen molar-refractivity contribution >= 4 is 6.03 Å². The van der Waals surface area contributed by atoms with Crippen LogP contribution in [-0.4, -0.2) is 34.2 Å². The molecule has 1 aliphatic rings. The van der Waals surface area contributed by atoms with Crippen LogP contribution in [0.1, 0.15) is 30.1 Å². The third kappa shape index (κ3) is 4.31. The molecule has 1 unspecified atom stereocenters. The Morgan fingerprint density at radius 3 is 2.96 bits per heavy atom. The van der Waals surface area contributed by atoms with Gasteiger partial charge in [-0.05, 0) is 24.3 Å². The first kappa shape index (κ1) is 15.5. The number of rotatable bonds is 5. The third-order valence-electron chi connectivity index (χ3n) is 4.21. The molecule has 1 atom stereocenters. The van der Waals surface area contributed by atoms with Gasteiger partial charge < -0.3 is 14.7 Å². The molecule has 1 fully saturated rings. The fraction of sp³-hybridized carbons (Fsp3) is 0.471. The van der Waals surface area contributed by atoms with E-state index in [-0.39, 0.29) is 6.03 Å². The molecule has 1 saturated heterocycles. The number of aryl methyl sites for hydroxylation is 2. The van der Waals surface area contributed by atoms with E-state index in [9.17, 15) is 4.79 Å². The minimum absolute atomic E-state index is 0.0201. The molecule has 2 amide bonds. The van der Waals surface area contributed by atoms with Crippen LogP contribution in [-0.2, 0) is 13.0 Å². The van der Waals surface area contributed by atoms with Crippen LogP contribution in [0.4, 0.5) is 4.79 Å². The maximum absolute atomic E-state index is 12.2. The van der Waals surface area contributed by atoms with E-state index in [1.165, 1.54) is 0 Å². The maximum atomic E-state index is 12.2. The lowest BCUT2D eigenvalue weighted by Gasteiger charge is -2.17. The number of likely N-dealkylation sites (tertiary alicyclic amines) is 1. The zero-order valence-corrected chi connectivity index (χ0v) is 13.4. The standard InChI is InChI=1S/C17H22N4O2/c1-13-19-16(20-23-13)8-7-15-9-10-21(12-15)17(22)18-11-14-5-3-2-4-6-14/h2-6,15H,7-12H2,1H3,(H,18,22). The lowest BCUT2D eigenvalue weighted by atomic mass is 10.0. The fourth-order valence-electron chi connectivity index (χ4n) is 2.91. The number of hydrogen-bond donors (Lipinski definition) is 1. The second kappa shape index (κ2) is 7.26. The number of urea groups is 1. The van der Waals surface area contributed by atoms with Crippen LogP contribution in [0, 0.1) is 12.8 Å². The Hall–Kier alpha value is -2.37. The predicted molar refractivity (Wildman–Crippen MR) is 85.7 cm³/mol. The summed E-state index contributed by atoms with van der Waals surface area (Å²) in [6.07, 6.45) is 2.83. The average molecular weight is 314 g/mol. The van der Waals surface area contributed by atoms with Gasteiger partial charge in [-0.1, -0.05) is 35.5 Å². The van der Waals surface area contributed by atoms with Crippen molar-refractivity contribution in [2.24, 2.45) is 5.92 Å². The highest BCUT2D eigenvalue weighted by Crippen LogP contribution is 2.21. The van der Waals surface area contributed by atoms with Gasteiger partial charge in [-0.25, -0.2) is 4.79 Å². The highest BCUT2D eigenvalue weighted by atomic mass is 16.5. The lowest BCUT2D eigenvalue weighted by molar-refractivity contribution is 0.206. The Bertz CT molecular complexity index is 641. The first-order chi connectivity index (χ1) is 11.2. The summed E-state index contributed by atoms with van der Waals surface area (Å²) < 4.78 is 4.98. The maximum Gasteiger partial charge on any atom is 0.317 e. The largest absolute Gasteiger partial charge is 0.340 e. The zero-order chi connectivity index (χ0) is 16.1. The molecule has 23 heavy (non-hydrogen) atoms. The van der Waals surface area contributed by atoms with E-state index in [0.717, 1.165) is 43.7 Å². The summed E-state index contributed by atoms with van der Waals surface area (Å²) >= 11 is 0. The van der Waals surface area contributed by atoms with Crippen LogP contribution < -0.4 is 5.32 Å². The summed E-state index contributed by atoms with van der Waals surface area (Å²) in [5, 5.41) is 6.90. The second-order valence-corrected chi connectivity index (χ2v) is 6.01. The molecule has 1 aromatic carbocycles. The highest BCUT2D eigenvalue weighted by Gasteiger charge is 2.26. The zero-order valence-electron chi connectivity index (χ0n) is 13.4. The molecule has 1 N–H and O–H groups in total. The Balaban J connectivity index is 1.41. The van der Waals surface area contributed by atoms with E-state index in [2.05, 4.69) is 15.5 Å². The molecule has 0 radical (unpaired) electrons. The van der Waals surface area contributed by atoms with E-state index in [1.807, 2.05) is 35.2 Å². The van der Waals surface area contributed by atoms with Crippen LogP contribution in [0.5, 0.6) is 0 Å². The Morgan fingerprint density at radius 1 is 1.39 bits per heavy atom. The van der Waals surface area contributed by atoms with Gasteiger partial charge in [0.2, 0.25) is 5.89 Å². The molecule has 6 nitrogen and oxygen atoms in total. The topological polar surface area (TPSA) is 71.3 Å². The average Bonchev–Trinajstić information content (AvgIpc) is 3.20. The summed E-state index contributed by atoms with van der Waals surface area (Å²) in [5.74, 6) is 1.87. The summed E-state index contributed by atoms with van der Waals surface area (Å²) in [6, 6.07) is 9.98. The van der Waals surface area contributed by atoms with Crippen LogP contribution in [0.3, 0.4) is 0 Å². The van der Waals surface area contributed by atoms with Gasteiger partial charge in [0, 0.05) is 33.0 Å². The van der Waals surface area contributed by atoms with Crippen molar-refractivity contribution in [3.63, 3.8) is 0 Å². The number of amides is 2. The van der Waals surface area contributed by atoms with Crippen LogP contribution in [0.25, 0.3) is 0 Å². The van der Waals surface area contributed by atoms with Gasteiger partial charge in [0.05, 0.1) is 0 Å². The van der Waals surface area contributed by atoms with E-state index in [1.54, 1.807) is 6.92 Å². The summed E-state index contributed by atoms with van der Waals surface area (Å²) in [4.78, 5) is 18.3. The molecule has 0 aliphatic carbocycles. The van der Waals surface area contributed by atoms with Gasteiger partial charge in [-0.3, -0.25) is 0 Å². The SMILES string of the molecule is Cc1nc(CCC2CCN(C(=O)NCc3ccccc3)C2)no1. The van der Waals surface area contributed by atoms with Gasteiger partial charge in [-0.2, -0.15) is 4.98 Å². The quantitative estimate of drug-likeness (QED) is 0.920. The fourth-order valence-corrected chi connectivity index (χ4v) is 2.91. The van der Waals surface area contributed by atoms with Crippen molar-refractivity contribution in [2.45, 2.75) is 32.7 Å². The molecule has 0 spiro atoms. The third-order valence-corrected chi connectivity index (χ3v) is 4.21. The van der Waals surface area contributed by atoms with Crippen molar-refractivity contribution in [3.8, 4) is 0 Å². The van der Waals surface area contributed by atoms with Gasteiger partial charge in [0.25, 0.3) is 0 Å². The lowest BCUT2D eigenvalue weighted by Crippen LogP contribution is -2.38. The Labute approximate surface area is 135 Å². The summed E-state index contributed by atoms with van der Waals surface area (Å²) in [7, 11) is 0.